The maximum atomic E-state index is 12.8. The summed E-state index contributed by atoms with van der Waals surface area (Å²) in [4.78, 5) is 25.1. The van der Waals surface area contributed by atoms with Crippen molar-refractivity contribution >= 4 is 29.0 Å². The van der Waals surface area contributed by atoms with E-state index in [1.807, 2.05) is 20.1 Å². The van der Waals surface area contributed by atoms with E-state index in [1.165, 1.54) is 4.88 Å². The van der Waals surface area contributed by atoms with Gasteiger partial charge in [0.05, 0.1) is 6.04 Å². The molecule has 0 saturated carbocycles. The first-order valence-electron chi connectivity index (χ1n) is 8.31. The molecule has 4 nitrogen and oxygen atoms in total. The zero-order valence-corrected chi connectivity index (χ0v) is 16.0. The number of rotatable bonds is 5. The second kappa shape index (κ2) is 7.66. The molecule has 128 valence electrons. The van der Waals surface area contributed by atoms with Crippen molar-refractivity contribution in [2.45, 2.75) is 50.7 Å². The Kier molecular flexibility index (Phi) is 5.56. The Labute approximate surface area is 151 Å². The molecule has 1 saturated heterocycles. The maximum Gasteiger partial charge on any atom is 0.223 e. The van der Waals surface area contributed by atoms with Crippen molar-refractivity contribution in [2.24, 2.45) is 0 Å². The standard InChI is InChI=1S/C18H23N3OS2/c1-12-14(13(2)20-18(19-12)23-3)8-9-17(22)21-10-4-6-15(21)16-7-5-11-24-16/h5,7,11,15H,4,6,8-10H2,1-3H3. The lowest BCUT2D eigenvalue weighted by Crippen LogP contribution is -2.30. The number of nitrogens with zero attached hydrogens (tertiary/aromatic N) is 3. The minimum absolute atomic E-state index is 0.249. The number of thioether (sulfide) groups is 1. The highest BCUT2D eigenvalue weighted by Gasteiger charge is 2.30. The van der Waals surface area contributed by atoms with Gasteiger partial charge in [0.2, 0.25) is 5.91 Å². The molecule has 1 aliphatic heterocycles. The lowest BCUT2D eigenvalue weighted by molar-refractivity contribution is -0.132. The Hall–Kier alpha value is -1.40. The van der Waals surface area contributed by atoms with Crippen LogP contribution in [0.5, 0.6) is 0 Å². The molecule has 0 N–H and O–H groups in total. The van der Waals surface area contributed by atoms with Crippen molar-refractivity contribution in [3.8, 4) is 0 Å². The zero-order chi connectivity index (χ0) is 17.1. The quantitative estimate of drug-likeness (QED) is 0.592. The molecule has 1 aliphatic rings. The molecule has 3 rings (SSSR count). The first-order valence-corrected chi connectivity index (χ1v) is 10.4. The summed E-state index contributed by atoms with van der Waals surface area (Å²) >= 11 is 3.30. The Morgan fingerprint density at radius 2 is 2.12 bits per heavy atom. The lowest BCUT2D eigenvalue weighted by atomic mass is 10.1. The Morgan fingerprint density at radius 3 is 2.75 bits per heavy atom. The molecule has 2 aromatic heterocycles. The molecule has 0 aliphatic carbocycles. The summed E-state index contributed by atoms with van der Waals surface area (Å²) in [6.07, 6.45) is 5.41. The molecular formula is C18H23N3OS2. The first-order chi connectivity index (χ1) is 11.6. The van der Waals surface area contributed by atoms with Gasteiger partial charge in [-0.2, -0.15) is 0 Å². The van der Waals surface area contributed by atoms with E-state index in [4.69, 9.17) is 0 Å². The van der Waals surface area contributed by atoms with Crippen molar-refractivity contribution in [2.75, 3.05) is 12.8 Å². The van der Waals surface area contributed by atoms with Gasteiger partial charge in [-0.15, -0.1) is 11.3 Å². The fourth-order valence-corrected chi connectivity index (χ4v) is 4.71. The number of hydrogen-bond acceptors (Lipinski definition) is 5. The summed E-state index contributed by atoms with van der Waals surface area (Å²) in [6, 6.07) is 4.48. The summed E-state index contributed by atoms with van der Waals surface area (Å²) in [6.45, 7) is 4.90. The normalized spacial score (nSPS) is 17.5. The van der Waals surface area contributed by atoms with Crippen LogP contribution in [-0.2, 0) is 11.2 Å². The molecule has 1 amide bonds. The summed E-state index contributed by atoms with van der Waals surface area (Å²) in [5.41, 5.74) is 3.11. The highest BCUT2D eigenvalue weighted by atomic mass is 32.2. The summed E-state index contributed by atoms with van der Waals surface area (Å²) in [5.74, 6) is 0.249. The molecule has 1 unspecified atom stereocenters. The van der Waals surface area contributed by atoms with Crippen LogP contribution in [0.3, 0.4) is 0 Å². The molecule has 1 atom stereocenters. The van der Waals surface area contributed by atoms with E-state index in [0.29, 0.717) is 6.42 Å². The van der Waals surface area contributed by atoms with E-state index in [2.05, 4.69) is 32.4 Å². The van der Waals surface area contributed by atoms with Gasteiger partial charge in [-0.05, 0) is 56.4 Å². The van der Waals surface area contributed by atoms with Gasteiger partial charge in [0.25, 0.3) is 0 Å². The third-order valence-corrected chi connectivity index (χ3v) is 6.14. The number of aryl methyl sites for hydroxylation is 2. The van der Waals surface area contributed by atoms with E-state index in [-0.39, 0.29) is 11.9 Å². The van der Waals surface area contributed by atoms with Crippen LogP contribution >= 0.6 is 23.1 Å². The molecule has 3 heterocycles. The Morgan fingerprint density at radius 1 is 1.38 bits per heavy atom. The van der Waals surface area contributed by atoms with E-state index < -0.39 is 0 Å². The number of aromatic nitrogens is 2. The molecule has 0 radical (unpaired) electrons. The minimum Gasteiger partial charge on any atom is -0.335 e. The van der Waals surface area contributed by atoms with E-state index >= 15 is 0 Å². The van der Waals surface area contributed by atoms with Gasteiger partial charge in [-0.3, -0.25) is 4.79 Å². The average molecular weight is 362 g/mol. The number of carbonyl (C=O) groups excluding carboxylic acids is 1. The van der Waals surface area contributed by atoms with Crippen LogP contribution < -0.4 is 0 Å². The SMILES string of the molecule is CSc1nc(C)c(CCC(=O)N2CCCC2c2cccs2)c(C)n1. The van der Waals surface area contributed by atoms with Crippen molar-refractivity contribution < 1.29 is 4.79 Å². The van der Waals surface area contributed by atoms with Crippen LogP contribution in [0.15, 0.2) is 22.7 Å². The maximum absolute atomic E-state index is 12.8. The largest absolute Gasteiger partial charge is 0.335 e. The minimum atomic E-state index is 0.249. The molecule has 24 heavy (non-hydrogen) atoms. The van der Waals surface area contributed by atoms with E-state index in [9.17, 15) is 4.79 Å². The summed E-state index contributed by atoms with van der Waals surface area (Å²) in [5, 5.41) is 2.89. The Bertz CT molecular complexity index is 692. The monoisotopic (exact) mass is 361 g/mol. The average Bonchev–Trinajstić information content (AvgIpc) is 3.24. The van der Waals surface area contributed by atoms with Gasteiger partial charge < -0.3 is 4.90 Å². The van der Waals surface area contributed by atoms with Gasteiger partial charge in [0.1, 0.15) is 0 Å². The van der Waals surface area contributed by atoms with Crippen molar-refractivity contribution in [3.05, 3.63) is 39.3 Å². The first kappa shape index (κ1) is 17.4. The molecule has 0 bridgehead atoms. The topological polar surface area (TPSA) is 46.1 Å². The number of thiophene rings is 1. The summed E-state index contributed by atoms with van der Waals surface area (Å²) < 4.78 is 0. The number of likely N-dealkylation sites (tertiary alicyclic amines) is 1. The van der Waals surface area contributed by atoms with E-state index in [1.54, 1.807) is 23.1 Å². The van der Waals surface area contributed by atoms with E-state index in [0.717, 1.165) is 47.9 Å². The third kappa shape index (κ3) is 3.64. The predicted molar refractivity (Wildman–Crippen MR) is 99.6 cm³/mol. The number of hydrogen-bond donors (Lipinski definition) is 0. The van der Waals surface area contributed by atoms with Crippen LogP contribution in [0, 0.1) is 13.8 Å². The van der Waals surface area contributed by atoms with Gasteiger partial charge >= 0.3 is 0 Å². The van der Waals surface area contributed by atoms with Crippen LogP contribution in [0.25, 0.3) is 0 Å². The van der Waals surface area contributed by atoms with Crippen LogP contribution in [0.1, 0.15) is 47.1 Å². The fourth-order valence-electron chi connectivity index (χ4n) is 3.38. The smallest absolute Gasteiger partial charge is 0.223 e. The van der Waals surface area contributed by atoms with Gasteiger partial charge in [-0.1, -0.05) is 17.8 Å². The van der Waals surface area contributed by atoms with Crippen molar-refractivity contribution in [3.63, 3.8) is 0 Å². The fraction of sp³-hybridized carbons (Fsp3) is 0.500. The molecule has 0 aromatic carbocycles. The third-order valence-electron chi connectivity index (χ3n) is 4.62. The molecule has 2 aromatic rings. The molecular weight excluding hydrogens is 338 g/mol. The van der Waals surface area contributed by atoms with Crippen molar-refractivity contribution in [1.82, 2.24) is 14.9 Å². The summed E-state index contributed by atoms with van der Waals surface area (Å²) in [7, 11) is 0. The molecule has 6 heteroatoms. The zero-order valence-electron chi connectivity index (χ0n) is 14.4. The highest BCUT2D eigenvalue weighted by molar-refractivity contribution is 7.98. The van der Waals surface area contributed by atoms with Gasteiger partial charge in [-0.25, -0.2) is 9.97 Å². The second-order valence-corrected chi connectivity index (χ2v) is 7.87. The Balaban J connectivity index is 1.67. The molecule has 1 fully saturated rings. The van der Waals surface area contributed by atoms with Crippen LogP contribution in [0.4, 0.5) is 0 Å². The van der Waals surface area contributed by atoms with Gasteiger partial charge in [0, 0.05) is 29.2 Å². The lowest BCUT2D eigenvalue weighted by Gasteiger charge is -2.24. The number of amides is 1. The van der Waals surface area contributed by atoms with Crippen LogP contribution in [0.2, 0.25) is 0 Å². The van der Waals surface area contributed by atoms with Crippen LogP contribution in [-0.4, -0.2) is 33.6 Å². The second-order valence-electron chi connectivity index (χ2n) is 6.12. The predicted octanol–water partition coefficient (Wildman–Crippen LogP) is 4.17. The number of carbonyl (C=O) groups is 1. The van der Waals surface area contributed by atoms with Crippen molar-refractivity contribution in [1.29, 1.82) is 0 Å². The van der Waals surface area contributed by atoms with Gasteiger partial charge in [0.15, 0.2) is 5.16 Å². The highest BCUT2D eigenvalue weighted by Crippen LogP contribution is 2.35. The molecule has 0 spiro atoms.